The summed E-state index contributed by atoms with van der Waals surface area (Å²) in [6.45, 7) is 3.81. The lowest BCUT2D eigenvalue weighted by Crippen LogP contribution is -2.21. The van der Waals surface area contributed by atoms with Crippen molar-refractivity contribution < 1.29 is 14.3 Å². The minimum atomic E-state index is -0.612. The Balaban J connectivity index is 1.91. The van der Waals surface area contributed by atoms with Gasteiger partial charge < -0.3 is 10.1 Å². The second-order valence-electron chi connectivity index (χ2n) is 4.47. The van der Waals surface area contributed by atoms with E-state index in [2.05, 4.69) is 20.8 Å². The molecule has 0 spiro atoms. The van der Waals surface area contributed by atoms with E-state index < -0.39 is 6.09 Å². The van der Waals surface area contributed by atoms with Crippen molar-refractivity contribution >= 4 is 23.5 Å². The summed E-state index contributed by atoms with van der Waals surface area (Å²) in [7, 11) is 0. The van der Waals surface area contributed by atoms with Crippen LogP contribution in [0.5, 0.6) is 0 Å². The van der Waals surface area contributed by atoms with Crippen LogP contribution in [0, 0.1) is 6.92 Å². The van der Waals surface area contributed by atoms with Gasteiger partial charge in [-0.1, -0.05) is 18.2 Å². The Kier molecular flexibility index (Phi) is 5.07. The van der Waals surface area contributed by atoms with E-state index in [0.29, 0.717) is 0 Å². The Morgan fingerprint density at radius 3 is 2.77 bits per heavy atom. The van der Waals surface area contributed by atoms with Crippen LogP contribution in [0.3, 0.4) is 0 Å². The maximum Gasteiger partial charge on any atom is 0.412 e. The molecule has 2 N–H and O–H groups in total. The number of benzene rings is 1. The molecule has 1 aromatic heterocycles. The van der Waals surface area contributed by atoms with E-state index in [1.807, 2.05) is 31.2 Å². The third-order valence-corrected chi connectivity index (χ3v) is 2.75. The zero-order valence-corrected chi connectivity index (χ0v) is 12.4. The summed E-state index contributed by atoms with van der Waals surface area (Å²) in [6, 6.07) is 7.46. The van der Waals surface area contributed by atoms with Crippen LogP contribution in [0.1, 0.15) is 12.5 Å². The maximum absolute atomic E-state index is 11.9. The lowest BCUT2D eigenvalue weighted by atomic mass is 10.2. The molecule has 22 heavy (non-hydrogen) atoms. The van der Waals surface area contributed by atoms with Crippen molar-refractivity contribution in [3.05, 3.63) is 36.0 Å². The maximum atomic E-state index is 11.9. The van der Waals surface area contributed by atoms with Crippen molar-refractivity contribution in [1.29, 1.82) is 0 Å². The molecule has 0 unspecified atom stereocenters. The zero-order valence-electron chi connectivity index (χ0n) is 12.4. The molecule has 0 aliphatic carbocycles. The molecular formula is C14H17N5O3. The number of hydrogen-bond donors (Lipinski definition) is 2. The summed E-state index contributed by atoms with van der Waals surface area (Å²) in [5, 5.41) is 13.1. The van der Waals surface area contributed by atoms with E-state index >= 15 is 0 Å². The topological polar surface area (TPSA) is 98.1 Å². The van der Waals surface area contributed by atoms with Gasteiger partial charge in [-0.2, -0.15) is 9.90 Å². The standard InChI is InChI=1S/C14H17N5O3/c1-3-22-14(21)17-12-8-15-19(18-12)9-13(20)16-11-7-5-4-6-10(11)2/h4-8H,3,9H2,1-2H3,(H,16,20)(H,17,18,21). The second-order valence-corrected chi connectivity index (χ2v) is 4.47. The molecule has 2 aromatic rings. The predicted octanol–water partition coefficient (Wildman–Crippen LogP) is 1.79. The number of rotatable bonds is 5. The van der Waals surface area contributed by atoms with Crippen LogP contribution in [0.25, 0.3) is 0 Å². The van der Waals surface area contributed by atoms with Crippen LogP contribution in [0.15, 0.2) is 30.5 Å². The van der Waals surface area contributed by atoms with Crippen molar-refractivity contribution in [2.75, 3.05) is 17.2 Å². The van der Waals surface area contributed by atoms with Crippen molar-refractivity contribution in [3.63, 3.8) is 0 Å². The molecule has 0 aliphatic rings. The van der Waals surface area contributed by atoms with Gasteiger partial charge in [-0.3, -0.25) is 10.1 Å². The van der Waals surface area contributed by atoms with Gasteiger partial charge in [0, 0.05) is 5.69 Å². The van der Waals surface area contributed by atoms with E-state index in [4.69, 9.17) is 4.74 Å². The number of carbonyl (C=O) groups excluding carboxylic acids is 2. The fraction of sp³-hybridized carbons (Fsp3) is 0.286. The second kappa shape index (κ2) is 7.21. The lowest BCUT2D eigenvalue weighted by molar-refractivity contribution is -0.117. The van der Waals surface area contributed by atoms with Gasteiger partial charge in [-0.15, -0.1) is 5.10 Å². The zero-order chi connectivity index (χ0) is 15.9. The third kappa shape index (κ3) is 4.30. The van der Waals surface area contributed by atoms with Gasteiger partial charge in [-0.05, 0) is 25.5 Å². The van der Waals surface area contributed by atoms with Crippen molar-refractivity contribution in [2.24, 2.45) is 0 Å². The molecule has 0 radical (unpaired) electrons. The number of ether oxygens (including phenoxy) is 1. The highest BCUT2D eigenvalue weighted by molar-refractivity contribution is 5.91. The molecule has 0 fully saturated rings. The normalized spacial score (nSPS) is 10.1. The third-order valence-electron chi connectivity index (χ3n) is 2.75. The molecule has 0 aliphatic heterocycles. The summed E-state index contributed by atoms with van der Waals surface area (Å²) in [5.74, 6) is -0.0327. The minimum absolute atomic E-state index is 0.0567. The van der Waals surface area contributed by atoms with Crippen LogP contribution in [0.2, 0.25) is 0 Å². The van der Waals surface area contributed by atoms with Gasteiger partial charge in [0.05, 0.1) is 12.8 Å². The highest BCUT2D eigenvalue weighted by Gasteiger charge is 2.09. The highest BCUT2D eigenvalue weighted by atomic mass is 16.5. The number of aromatic nitrogens is 3. The van der Waals surface area contributed by atoms with E-state index in [-0.39, 0.29) is 24.9 Å². The van der Waals surface area contributed by atoms with Crippen LogP contribution < -0.4 is 10.6 Å². The average Bonchev–Trinajstić information content (AvgIpc) is 2.88. The lowest BCUT2D eigenvalue weighted by Gasteiger charge is -2.07. The molecular weight excluding hydrogens is 286 g/mol. The summed E-state index contributed by atoms with van der Waals surface area (Å²) in [6.07, 6.45) is 0.733. The van der Waals surface area contributed by atoms with Crippen molar-refractivity contribution in [2.45, 2.75) is 20.4 Å². The number of nitrogens with one attached hydrogen (secondary N) is 2. The fourth-order valence-electron chi connectivity index (χ4n) is 1.73. The monoisotopic (exact) mass is 303 g/mol. The Morgan fingerprint density at radius 2 is 2.05 bits per heavy atom. The quantitative estimate of drug-likeness (QED) is 0.877. The first-order valence-corrected chi connectivity index (χ1v) is 6.78. The number of aryl methyl sites for hydroxylation is 1. The number of amides is 2. The molecule has 2 rings (SSSR count). The van der Waals surface area contributed by atoms with E-state index in [9.17, 15) is 9.59 Å². The number of para-hydroxylation sites is 1. The van der Waals surface area contributed by atoms with Gasteiger partial charge in [-0.25, -0.2) is 4.79 Å². The van der Waals surface area contributed by atoms with E-state index in [1.54, 1.807) is 6.92 Å². The molecule has 8 heteroatoms. The van der Waals surface area contributed by atoms with Crippen molar-refractivity contribution in [1.82, 2.24) is 15.0 Å². The summed E-state index contributed by atoms with van der Waals surface area (Å²) in [5.41, 5.74) is 1.71. The van der Waals surface area contributed by atoms with Gasteiger partial charge in [0.15, 0.2) is 5.82 Å². The largest absolute Gasteiger partial charge is 0.450 e. The van der Waals surface area contributed by atoms with E-state index in [1.165, 1.54) is 11.0 Å². The highest BCUT2D eigenvalue weighted by Crippen LogP contribution is 2.12. The SMILES string of the molecule is CCOC(=O)Nc1cnn(CC(=O)Nc2ccccc2C)n1. The average molecular weight is 303 g/mol. The molecule has 1 aromatic carbocycles. The molecule has 1 heterocycles. The molecule has 116 valence electrons. The molecule has 0 saturated heterocycles. The van der Waals surface area contributed by atoms with Gasteiger partial charge in [0.2, 0.25) is 5.91 Å². The van der Waals surface area contributed by atoms with Crippen LogP contribution >= 0.6 is 0 Å². The first kappa shape index (κ1) is 15.5. The fourth-order valence-corrected chi connectivity index (χ4v) is 1.73. The minimum Gasteiger partial charge on any atom is -0.450 e. The Hall–Kier alpha value is -2.90. The van der Waals surface area contributed by atoms with Crippen LogP contribution in [0.4, 0.5) is 16.3 Å². The number of anilines is 2. The summed E-state index contributed by atoms with van der Waals surface area (Å²) >= 11 is 0. The van der Waals surface area contributed by atoms with Crippen LogP contribution in [-0.2, 0) is 16.1 Å². The summed E-state index contributed by atoms with van der Waals surface area (Å²) in [4.78, 5) is 24.4. The molecule has 8 nitrogen and oxygen atoms in total. The van der Waals surface area contributed by atoms with Crippen LogP contribution in [-0.4, -0.2) is 33.6 Å². The molecule has 2 amide bonds. The van der Waals surface area contributed by atoms with Crippen molar-refractivity contribution in [3.8, 4) is 0 Å². The van der Waals surface area contributed by atoms with Gasteiger partial charge in [0.1, 0.15) is 6.54 Å². The first-order valence-electron chi connectivity index (χ1n) is 6.78. The molecule has 0 atom stereocenters. The predicted molar refractivity (Wildman–Crippen MR) is 80.5 cm³/mol. The Bertz CT molecular complexity index is 668. The summed E-state index contributed by atoms with van der Waals surface area (Å²) < 4.78 is 4.72. The molecule has 0 bridgehead atoms. The van der Waals surface area contributed by atoms with Gasteiger partial charge in [0.25, 0.3) is 0 Å². The Labute approximate surface area is 127 Å². The molecule has 0 saturated carbocycles. The number of nitrogens with zero attached hydrogens (tertiary/aromatic N) is 3. The van der Waals surface area contributed by atoms with E-state index in [0.717, 1.165) is 11.3 Å². The number of carbonyl (C=O) groups is 2. The number of hydrogen-bond acceptors (Lipinski definition) is 5. The van der Waals surface area contributed by atoms with Gasteiger partial charge >= 0.3 is 6.09 Å². The first-order chi connectivity index (χ1) is 10.6. The smallest absolute Gasteiger partial charge is 0.412 e. The Morgan fingerprint density at radius 1 is 1.27 bits per heavy atom.